The summed E-state index contributed by atoms with van der Waals surface area (Å²) in [6, 6.07) is 8.47. The van der Waals surface area contributed by atoms with E-state index in [1.807, 2.05) is 30.3 Å². The molecule has 1 aliphatic rings. The van der Waals surface area contributed by atoms with E-state index in [1.54, 1.807) is 20.8 Å². The van der Waals surface area contributed by atoms with Gasteiger partial charge in [0.1, 0.15) is 18.2 Å². The van der Waals surface area contributed by atoms with Crippen LogP contribution in [0.25, 0.3) is 0 Å². The van der Waals surface area contributed by atoms with E-state index in [0.717, 1.165) is 5.56 Å². The summed E-state index contributed by atoms with van der Waals surface area (Å²) in [5.74, 6) is -1.04. The smallest absolute Gasteiger partial charge is 0.410 e. The first-order valence-electron chi connectivity index (χ1n) is 9.78. The Morgan fingerprint density at radius 2 is 1.83 bits per heavy atom. The fourth-order valence-electron chi connectivity index (χ4n) is 2.60. The van der Waals surface area contributed by atoms with Crippen LogP contribution in [0.5, 0.6) is 0 Å². The van der Waals surface area contributed by atoms with E-state index in [1.165, 1.54) is 12.0 Å². The third-order valence-corrected chi connectivity index (χ3v) is 4.22. The third kappa shape index (κ3) is 8.00. The van der Waals surface area contributed by atoms with Gasteiger partial charge in [0.2, 0.25) is 0 Å². The maximum atomic E-state index is 12.0. The van der Waals surface area contributed by atoms with Crippen molar-refractivity contribution in [1.82, 2.24) is 10.2 Å². The summed E-state index contributed by atoms with van der Waals surface area (Å²) in [6.45, 7) is 6.16. The molecule has 0 bridgehead atoms. The summed E-state index contributed by atoms with van der Waals surface area (Å²) < 4.78 is 20.9. The molecule has 1 atom stereocenters. The lowest BCUT2D eigenvalue weighted by Crippen LogP contribution is -2.57. The molecule has 1 amide bonds. The number of likely N-dealkylation sites (tertiary alicyclic amines) is 1. The average molecular weight is 422 g/mol. The van der Waals surface area contributed by atoms with Gasteiger partial charge in [-0.3, -0.25) is 14.9 Å². The molecule has 1 aromatic carbocycles. The first-order valence-corrected chi connectivity index (χ1v) is 9.78. The highest BCUT2D eigenvalue weighted by Gasteiger charge is 2.35. The number of ether oxygens (including phenoxy) is 4. The molecular weight excluding hydrogens is 392 g/mol. The summed E-state index contributed by atoms with van der Waals surface area (Å²) in [7, 11) is 1.26. The maximum absolute atomic E-state index is 12.0. The largest absolute Gasteiger partial charge is 0.468 e. The average Bonchev–Trinajstić information content (AvgIpc) is 2.66. The van der Waals surface area contributed by atoms with Crippen LogP contribution in [0, 0.1) is 0 Å². The van der Waals surface area contributed by atoms with Gasteiger partial charge in [0.25, 0.3) is 0 Å². The number of nitrogens with one attached hydrogen (secondary N) is 1. The number of esters is 2. The van der Waals surface area contributed by atoms with Crippen LogP contribution in [0.1, 0.15) is 26.3 Å². The minimum absolute atomic E-state index is 0.00542. The molecule has 9 heteroatoms. The Labute approximate surface area is 176 Å². The SMILES string of the molecule is COC(=O)[C@H](COC1CN(C(=O)OC(C)(C)C)C1)NCC(=O)OCc1ccccc1. The van der Waals surface area contributed by atoms with Crippen LogP contribution in [0.15, 0.2) is 30.3 Å². The lowest BCUT2D eigenvalue weighted by Gasteiger charge is -2.39. The van der Waals surface area contributed by atoms with Gasteiger partial charge in [-0.1, -0.05) is 30.3 Å². The van der Waals surface area contributed by atoms with Crippen LogP contribution in [0.4, 0.5) is 4.79 Å². The Balaban J connectivity index is 1.70. The lowest BCUT2D eigenvalue weighted by molar-refractivity contribution is -0.148. The molecule has 0 unspecified atom stereocenters. The van der Waals surface area contributed by atoms with Crippen molar-refractivity contribution < 1.29 is 33.3 Å². The monoisotopic (exact) mass is 422 g/mol. The van der Waals surface area contributed by atoms with Gasteiger partial charge in [-0.05, 0) is 26.3 Å². The molecule has 1 fully saturated rings. The van der Waals surface area contributed by atoms with E-state index in [4.69, 9.17) is 18.9 Å². The minimum Gasteiger partial charge on any atom is -0.468 e. The summed E-state index contributed by atoms with van der Waals surface area (Å²) in [5, 5.41) is 2.80. The fourth-order valence-corrected chi connectivity index (χ4v) is 2.60. The third-order valence-electron chi connectivity index (χ3n) is 4.22. The Bertz CT molecular complexity index is 712. The van der Waals surface area contributed by atoms with Crippen molar-refractivity contribution in [3.8, 4) is 0 Å². The van der Waals surface area contributed by atoms with E-state index in [2.05, 4.69) is 5.32 Å². The normalized spacial score (nSPS) is 15.1. The molecule has 1 saturated heterocycles. The second-order valence-electron chi connectivity index (χ2n) is 7.94. The number of carbonyl (C=O) groups is 3. The Kier molecular flexibility index (Phi) is 8.61. The standard InChI is InChI=1S/C21H30N2O7/c1-21(2,3)30-20(26)23-11-16(12-23)28-14-17(19(25)27-4)22-10-18(24)29-13-15-8-6-5-7-9-15/h5-9,16-17,22H,10-14H2,1-4H3/t17-/m0/s1. The van der Waals surface area contributed by atoms with Crippen LogP contribution < -0.4 is 5.32 Å². The van der Waals surface area contributed by atoms with E-state index < -0.39 is 29.7 Å². The van der Waals surface area contributed by atoms with Gasteiger partial charge in [-0.2, -0.15) is 0 Å². The number of carbonyl (C=O) groups excluding carboxylic acids is 3. The topological polar surface area (TPSA) is 103 Å². The van der Waals surface area contributed by atoms with Gasteiger partial charge >= 0.3 is 18.0 Å². The molecule has 166 valence electrons. The van der Waals surface area contributed by atoms with Crippen LogP contribution in [0.3, 0.4) is 0 Å². The Morgan fingerprint density at radius 3 is 2.43 bits per heavy atom. The molecule has 1 N–H and O–H groups in total. The van der Waals surface area contributed by atoms with Gasteiger partial charge < -0.3 is 23.8 Å². The van der Waals surface area contributed by atoms with Crippen molar-refractivity contribution in [1.29, 1.82) is 0 Å². The number of hydrogen-bond acceptors (Lipinski definition) is 8. The number of hydrogen-bond donors (Lipinski definition) is 1. The molecule has 1 aromatic rings. The molecule has 9 nitrogen and oxygen atoms in total. The number of rotatable bonds is 9. The van der Waals surface area contributed by atoms with Crippen molar-refractivity contribution in [3.63, 3.8) is 0 Å². The molecule has 0 aromatic heterocycles. The molecule has 1 aliphatic heterocycles. The Morgan fingerprint density at radius 1 is 1.17 bits per heavy atom. The molecule has 1 heterocycles. The zero-order chi connectivity index (χ0) is 22.1. The van der Waals surface area contributed by atoms with Crippen molar-refractivity contribution >= 4 is 18.0 Å². The lowest BCUT2D eigenvalue weighted by atomic mass is 10.1. The number of amides is 1. The summed E-state index contributed by atoms with van der Waals surface area (Å²) in [6.07, 6.45) is -0.609. The van der Waals surface area contributed by atoms with E-state index in [9.17, 15) is 14.4 Å². The number of nitrogens with zero attached hydrogens (tertiary/aromatic N) is 1. The molecule has 30 heavy (non-hydrogen) atoms. The molecule has 0 radical (unpaired) electrons. The fraction of sp³-hybridized carbons (Fsp3) is 0.571. The highest BCUT2D eigenvalue weighted by Crippen LogP contribution is 2.17. The van der Waals surface area contributed by atoms with Gasteiger partial charge in [0, 0.05) is 0 Å². The van der Waals surface area contributed by atoms with Crippen LogP contribution >= 0.6 is 0 Å². The number of benzene rings is 1. The predicted octanol–water partition coefficient (Wildman–Crippen LogP) is 1.50. The van der Waals surface area contributed by atoms with Crippen molar-refractivity contribution in [2.24, 2.45) is 0 Å². The van der Waals surface area contributed by atoms with Crippen LogP contribution in [-0.2, 0) is 35.1 Å². The molecule has 0 saturated carbocycles. The maximum Gasteiger partial charge on any atom is 0.410 e. The van der Waals surface area contributed by atoms with Crippen LogP contribution in [0.2, 0.25) is 0 Å². The molecular formula is C21H30N2O7. The van der Waals surface area contributed by atoms with Gasteiger partial charge in [-0.15, -0.1) is 0 Å². The summed E-state index contributed by atoms with van der Waals surface area (Å²) in [5.41, 5.74) is 0.316. The first kappa shape index (κ1) is 23.6. The molecule has 2 rings (SSSR count). The van der Waals surface area contributed by atoms with Gasteiger partial charge in [0.15, 0.2) is 0 Å². The number of methoxy groups -OCH3 is 1. The zero-order valence-corrected chi connectivity index (χ0v) is 17.9. The molecule has 0 aliphatic carbocycles. The van der Waals surface area contributed by atoms with Gasteiger partial charge in [0.05, 0.1) is 39.5 Å². The van der Waals surface area contributed by atoms with E-state index in [-0.39, 0.29) is 25.9 Å². The van der Waals surface area contributed by atoms with Crippen molar-refractivity contribution in [3.05, 3.63) is 35.9 Å². The van der Waals surface area contributed by atoms with Crippen LogP contribution in [-0.4, -0.2) is 74.0 Å². The highest BCUT2D eigenvalue weighted by atomic mass is 16.6. The highest BCUT2D eigenvalue weighted by molar-refractivity contribution is 5.77. The Hall–Kier alpha value is -2.65. The van der Waals surface area contributed by atoms with Crippen molar-refractivity contribution in [2.75, 3.05) is 33.4 Å². The zero-order valence-electron chi connectivity index (χ0n) is 17.9. The second kappa shape index (κ2) is 10.9. The van der Waals surface area contributed by atoms with E-state index in [0.29, 0.717) is 13.1 Å². The van der Waals surface area contributed by atoms with E-state index >= 15 is 0 Å². The van der Waals surface area contributed by atoms with Gasteiger partial charge in [-0.25, -0.2) is 4.79 Å². The minimum atomic E-state index is -0.824. The summed E-state index contributed by atoms with van der Waals surface area (Å²) >= 11 is 0. The first-order chi connectivity index (χ1) is 14.2. The summed E-state index contributed by atoms with van der Waals surface area (Å²) in [4.78, 5) is 37.3. The predicted molar refractivity (Wildman–Crippen MR) is 108 cm³/mol. The molecule has 0 spiro atoms. The quantitative estimate of drug-likeness (QED) is 0.472. The van der Waals surface area contributed by atoms with Crippen molar-refractivity contribution in [2.45, 2.75) is 45.1 Å². The second-order valence-corrected chi connectivity index (χ2v) is 7.94.